The Kier molecular flexibility index (Phi) is 36.4. The lowest BCUT2D eigenvalue weighted by atomic mass is 9.73. The molecule has 0 spiro atoms. The molecule has 14 nitrogen and oxygen atoms in total. The molecule has 0 aliphatic carbocycles. The monoisotopic (exact) mass is 1760 g/mol. The number of para-hydroxylation sites is 2. The van der Waals surface area contributed by atoms with Crippen molar-refractivity contribution in [3.63, 3.8) is 0 Å². The predicted octanol–water partition coefficient (Wildman–Crippen LogP) is 20.3. The summed E-state index contributed by atoms with van der Waals surface area (Å²) in [4.78, 5) is 25.3. The number of aliphatic hydroxyl groups is 2. The maximum atomic E-state index is 14.3. The normalized spacial score (nSPS) is 19.9. The van der Waals surface area contributed by atoms with Gasteiger partial charge in [-0.15, -0.1) is 0 Å². The van der Waals surface area contributed by atoms with Crippen molar-refractivity contribution in [3.8, 4) is 0 Å². The summed E-state index contributed by atoms with van der Waals surface area (Å²) in [6, 6.07) is 40.6. The number of benzene rings is 6. The van der Waals surface area contributed by atoms with Crippen molar-refractivity contribution >= 4 is 249 Å². The van der Waals surface area contributed by atoms with Crippen molar-refractivity contribution in [1.82, 2.24) is 0 Å². The molecule has 514 valence electrons. The SMILES string of the molecule is CCOC(=O)C1=C[C@@H]2c3ccccc3N(S(=O)(=O)c3ccc(C)cc3)[C@H](c3ccccc3Br)[C@H]2[C@@H](O)O1.CCOC(=O)C1=C[C@@H]2c3ccccc3N(S(=O)(=O)c3ccc(C)cc3)[C@H](c3ccccc3Br)[C@H]2[C@@H](O)O1.ClC(Cl)Cl.ClC(Cl)Cl.ClC(Cl)Cl.ClC(Cl)Cl.ClC(Cl)Cl. The standard InChI is InChI=1S/2C28H26BrNO6S.5CHCl3/c2*1-3-35-27(31)24-16-21-19-8-5-7-11-23(19)30(37(33,34)18-14-12-17(2)13-15-18)26(25(21)28(32)36-24)20-9-4-6-10-22(20)29;5*2-1(3)4/h2*4-16,21,25-26,28,32H,3H2,1-2H3;5*1H/t2*21-,25+,26-,28+;;;;;/m11...../s1. The topological polar surface area (TPSA) is 186 Å². The van der Waals surface area contributed by atoms with E-state index in [9.17, 15) is 36.6 Å². The van der Waals surface area contributed by atoms with E-state index in [0.29, 0.717) is 42.6 Å². The van der Waals surface area contributed by atoms with E-state index < -0.39 is 102 Å². The van der Waals surface area contributed by atoms with E-state index in [2.05, 4.69) is 31.9 Å². The van der Waals surface area contributed by atoms with Crippen LogP contribution < -0.4 is 8.61 Å². The van der Waals surface area contributed by atoms with Crippen LogP contribution in [0.3, 0.4) is 0 Å². The zero-order valence-electron chi connectivity index (χ0n) is 49.0. The Hall–Kier alpha value is -1.93. The molecule has 4 heterocycles. The van der Waals surface area contributed by atoms with Crippen LogP contribution in [0.4, 0.5) is 11.4 Å². The van der Waals surface area contributed by atoms with Crippen LogP contribution in [0.15, 0.2) is 188 Å². The Morgan fingerprint density at radius 2 is 0.702 bits per heavy atom. The van der Waals surface area contributed by atoms with Gasteiger partial charge >= 0.3 is 11.9 Å². The Morgan fingerprint density at radius 1 is 0.447 bits per heavy atom. The van der Waals surface area contributed by atoms with Crippen LogP contribution in [0.5, 0.6) is 0 Å². The fourth-order valence-electron chi connectivity index (χ4n) is 10.2. The van der Waals surface area contributed by atoms with Gasteiger partial charge in [0.25, 0.3) is 20.0 Å². The minimum absolute atomic E-state index is 0.0916. The van der Waals surface area contributed by atoms with Crippen LogP contribution >= 0.6 is 206 Å². The zero-order chi connectivity index (χ0) is 70.5. The molecule has 0 bridgehead atoms. The van der Waals surface area contributed by atoms with Crippen molar-refractivity contribution in [2.24, 2.45) is 11.8 Å². The Bertz CT molecular complexity index is 3450. The molecule has 4 aliphatic heterocycles. The molecule has 0 aromatic heterocycles. The second kappa shape index (κ2) is 40.5. The van der Waals surface area contributed by atoms with Crippen LogP contribution in [0.2, 0.25) is 0 Å². The van der Waals surface area contributed by atoms with E-state index in [4.69, 9.17) is 193 Å². The summed E-state index contributed by atoms with van der Waals surface area (Å²) in [6.07, 6.45) is 0.313. The molecule has 0 unspecified atom stereocenters. The number of carbonyl (C=O) groups excluding carboxylic acids is 2. The first-order valence-electron chi connectivity index (χ1n) is 27.1. The largest absolute Gasteiger partial charge is 0.460 e. The number of nitrogens with zero attached hydrogens (tertiary/aromatic N) is 2. The molecule has 4 aliphatic rings. The van der Waals surface area contributed by atoms with Gasteiger partial charge in [-0.3, -0.25) is 8.61 Å². The number of carbonyl (C=O) groups is 2. The van der Waals surface area contributed by atoms with Gasteiger partial charge in [-0.1, -0.05) is 314 Å². The quantitative estimate of drug-likeness (QED) is 0.0978. The number of aryl methyl sites for hydroxylation is 2. The van der Waals surface area contributed by atoms with Gasteiger partial charge in [0.2, 0.25) is 24.1 Å². The maximum absolute atomic E-state index is 14.3. The van der Waals surface area contributed by atoms with Gasteiger partial charge in [-0.25, -0.2) is 26.4 Å². The van der Waals surface area contributed by atoms with Gasteiger partial charge < -0.3 is 29.2 Å². The molecule has 33 heteroatoms. The molecule has 0 saturated carbocycles. The lowest BCUT2D eigenvalue weighted by molar-refractivity contribution is -0.161. The van der Waals surface area contributed by atoms with Crippen molar-refractivity contribution in [1.29, 1.82) is 0 Å². The molecule has 8 atom stereocenters. The minimum Gasteiger partial charge on any atom is -0.460 e. The molecule has 10 rings (SSSR count). The molecule has 0 radical (unpaired) electrons. The van der Waals surface area contributed by atoms with Crippen LogP contribution in [0, 0.1) is 25.7 Å². The third kappa shape index (κ3) is 24.1. The number of esters is 2. The number of alkyl halides is 15. The van der Waals surface area contributed by atoms with Crippen LogP contribution in [0.1, 0.15) is 71.1 Å². The Labute approximate surface area is 638 Å². The van der Waals surface area contributed by atoms with Gasteiger partial charge in [-0.2, -0.15) is 0 Å². The third-order valence-corrected chi connectivity index (χ3v) is 18.6. The molecule has 0 amide bonds. The second-order valence-corrected chi connectivity index (χ2v) is 34.5. The van der Waals surface area contributed by atoms with Crippen LogP contribution in [0.25, 0.3) is 0 Å². The number of rotatable bonds is 10. The van der Waals surface area contributed by atoms with E-state index >= 15 is 0 Å². The van der Waals surface area contributed by atoms with E-state index in [1.165, 1.54) is 8.61 Å². The number of hydrogen-bond donors (Lipinski definition) is 2. The summed E-state index contributed by atoms with van der Waals surface area (Å²) < 4.78 is 79.1. The molecule has 0 saturated heterocycles. The summed E-state index contributed by atoms with van der Waals surface area (Å²) >= 11 is 79.3. The molecule has 0 fully saturated rings. The molecule has 2 N–H and O–H groups in total. The first-order chi connectivity index (χ1) is 44.1. The number of sulfonamides is 2. The van der Waals surface area contributed by atoms with Crippen LogP contribution in [-0.4, -0.2) is 86.3 Å². The lowest BCUT2D eigenvalue weighted by Gasteiger charge is -2.49. The maximum Gasteiger partial charge on any atom is 0.373 e. The molecule has 6 aromatic carbocycles. The summed E-state index contributed by atoms with van der Waals surface area (Å²) in [5.41, 5.74) is 5.47. The van der Waals surface area contributed by atoms with Crippen molar-refractivity contribution < 1.29 is 55.6 Å². The highest BCUT2D eigenvalue weighted by Crippen LogP contribution is 2.57. The number of halogens is 17. The number of fused-ring (bicyclic) bond motifs is 6. The highest BCUT2D eigenvalue weighted by molar-refractivity contribution is 9.10. The van der Waals surface area contributed by atoms with E-state index in [1.807, 2.05) is 86.6 Å². The average molecular weight is 1770 g/mol. The fourth-order valence-corrected chi connectivity index (χ4v) is 14.6. The first-order valence-corrected chi connectivity index (χ1v) is 38.1. The van der Waals surface area contributed by atoms with Gasteiger partial charge in [0.05, 0.1) is 58.3 Å². The predicted molar refractivity (Wildman–Crippen MR) is 391 cm³/mol. The molecule has 6 aromatic rings. The fraction of sp³-hybridized carbons (Fsp3) is 0.311. The van der Waals surface area contributed by atoms with E-state index in [0.717, 1.165) is 11.1 Å². The van der Waals surface area contributed by atoms with Gasteiger partial charge in [-0.05, 0) is 111 Å². The number of aliphatic hydroxyl groups excluding tert-OH is 2. The zero-order valence-corrected chi connectivity index (χ0v) is 65.2. The lowest BCUT2D eigenvalue weighted by Crippen LogP contribution is -2.50. The third-order valence-electron chi connectivity index (χ3n) is 13.5. The summed E-state index contributed by atoms with van der Waals surface area (Å²) in [6.45, 7) is 7.47. The second-order valence-electron chi connectivity index (χ2n) is 19.2. The first kappa shape index (κ1) is 84.5. The Morgan fingerprint density at radius 3 is 0.968 bits per heavy atom. The van der Waals surface area contributed by atoms with Gasteiger partial charge in [0.1, 0.15) is 0 Å². The Balaban J connectivity index is 0.000000311. The number of anilines is 2. The molecule has 94 heavy (non-hydrogen) atoms. The summed E-state index contributed by atoms with van der Waals surface area (Å²) in [7, 11) is -8.17. The van der Waals surface area contributed by atoms with Crippen molar-refractivity contribution in [3.05, 3.63) is 212 Å². The van der Waals surface area contributed by atoms with Crippen molar-refractivity contribution in [2.75, 3.05) is 21.8 Å². The highest BCUT2D eigenvalue weighted by atomic mass is 79.9. The van der Waals surface area contributed by atoms with Gasteiger partial charge in [0.15, 0.2) is 21.5 Å². The molecular weight excluding hydrogens is 1710 g/mol. The summed E-state index contributed by atoms with van der Waals surface area (Å²) in [5.74, 6) is -4.08. The number of allylic oxidation sites excluding steroid dienone is 2. The highest BCUT2D eigenvalue weighted by Gasteiger charge is 2.54. The summed E-state index contributed by atoms with van der Waals surface area (Å²) in [5, 5.41) is 22.6. The smallest absolute Gasteiger partial charge is 0.373 e. The average Bonchev–Trinajstić information content (AvgIpc) is 0.724. The number of ether oxygens (including phenoxy) is 4. The van der Waals surface area contributed by atoms with E-state index in [-0.39, 0.29) is 34.5 Å². The van der Waals surface area contributed by atoms with Crippen LogP contribution in [-0.2, 0) is 48.6 Å². The van der Waals surface area contributed by atoms with E-state index in [1.54, 1.807) is 98.8 Å². The molecular formula is C61H57Br2Cl15N2O12S2. The van der Waals surface area contributed by atoms with Gasteiger partial charge in [0, 0.05) is 20.8 Å². The van der Waals surface area contributed by atoms with Crippen molar-refractivity contribution in [2.45, 2.75) is 95.5 Å². The minimum atomic E-state index is -4.09. The number of hydrogen-bond acceptors (Lipinski definition) is 12.